The second-order valence-corrected chi connectivity index (χ2v) is 4.85. The molecule has 1 heterocycles. The van der Waals surface area contributed by atoms with E-state index in [2.05, 4.69) is 21.7 Å². The van der Waals surface area contributed by atoms with Crippen molar-refractivity contribution >= 4 is 22.7 Å². The molecule has 3 nitrogen and oxygen atoms in total. The predicted octanol–water partition coefficient (Wildman–Crippen LogP) is 2.95. The summed E-state index contributed by atoms with van der Waals surface area (Å²) in [6.07, 6.45) is 0. The molecule has 84 valence electrons. The Bertz CT molecular complexity index is 491. The van der Waals surface area contributed by atoms with E-state index >= 15 is 0 Å². The number of hydrogen-bond donors (Lipinski definition) is 2. The van der Waals surface area contributed by atoms with Gasteiger partial charge in [-0.05, 0) is 37.6 Å². The molecule has 0 radical (unpaired) electrons. The van der Waals surface area contributed by atoms with E-state index in [4.69, 9.17) is 5.73 Å². The van der Waals surface area contributed by atoms with Crippen LogP contribution >= 0.6 is 11.3 Å². The van der Waals surface area contributed by atoms with E-state index in [1.807, 2.05) is 26.0 Å². The van der Waals surface area contributed by atoms with E-state index in [-0.39, 0.29) is 0 Å². The molecule has 0 aliphatic heterocycles. The molecule has 1 aromatic carbocycles. The van der Waals surface area contributed by atoms with E-state index < -0.39 is 0 Å². The molecule has 0 fully saturated rings. The molecule has 0 bridgehead atoms. The van der Waals surface area contributed by atoms with Gasteiger partial charge in [-0.25, -0.2) is 4.98 Å². The topological polar surface area (TPSA) is 50.9 Å². The van der Waals surface area contributed by atoms with Crippen molar-refractivity contribution in [3.63, 3.8) is 0 Å². The van der Waals surface area contributed by atoms with Crippen LogP contribution in [-0.2, 0) is 6.54 Å². The summed E-state index contributed by atoms with van der Waals surface area (Å²) in [5.74, 6) is 0. The van der Waals surface area contributed by atoms with Crippen LogP contribution in [0.5, 0.6) is 0 Å². The Kier molecular flexibility index (Phi) is 3.10. The van der Waals surface area contributed by atoms with Crippen LogP contribution in [-0.4, -0.2) is 4.98 Å². The van der Waals surface area contributed by atoms with Gasteiger partial charge < -0.3 is 11.1 Å². The zero-order valence-electron chi connectivity index (χ0n) is 9.45. The van der Waals surface area contributed by atoms with Crippen LogP contribution in [0.2, 0.25) is 0 Å². The van der Waals surface area contributed by atoms with Gasteiger partial charge in [0.15, 0.2) is 0 Å². The molecular weight excluding hydrogens is 218 g/mol. The molecule has 0 atom stereocenters. The second-order valence-electron chi connectivity index (χ2n) is 3.78. The normalized spacial score (nSPS) is 10.4. The number of anilines is 2. The molecule has 2 rings (SSSR count). The van der Waals surface area contributed by atoms with Gasteiger partial charge in [0.05, 0.1) is 17.2 Å². The molecule has 0 spiro atoms. The summed E-state index contributed by atoms with van der Waals surface area (Å²) < 4.78 is 0. The van der Waals surface area contributed by atoms with E-state index in [1.54, 1.807) is 11.3 Å². The Morgan fingerprint density at radius 3 is 2.81 bits per heavy atom. The average Bonchev–Trinajstić information content (AvgIpc) is 2.66. The molecule has 4 heteroatoms. The fourth-order valence-corrected chi connectivity index (χ4v) is 2.08. The number of benzene rings is 1. The lowest BCUT2D eigenvalue weighted by Crippen LogP contribution is -2.00. The molecule has 0 aliphatic rings. The number of nitrogens with two attached hydrogens (primary N) is 1. The standard InChI is InChI=1S/C12H15N3S/c1-8-5-10(3-4-12(8)13)14-6-11-7-16-9(2)15-11/h3-5,7,14H,6,13H2,1-2H3. The first-order chi connectivity index (χ1) is 7.65. The highest BCUT2D eigenvalue weighted by atomic mass is 32.1. The SMILES string of the molecule is Cc1nc(CNc2ccc(N)c(C)c2)cs1. The first-order valence-electron chi connectivity index (χ1n) is 5.16. The number of nitrogen functional groups attached to an aromatic ring is 1. The summed E-state index contributed by atoms with van der Waals surface area (Å²) in [7, 11) is 0. The third-order valence-corrected chi connectivity index (χ3v) is 3.23. The Balaban J connectivity index is 2.02. The van der Waals surface area contributed by atoms with Gasteiger partial charge in [-0.15, -0.1) is 11.3 Å². The van der Waals surface area contributed by atoms with E-state index in [0.717, 1.165) is 34.2 Å². The summed E-state index contributed by atoms with van der Waals surface area (Å²) in [5, 5.41) is 6.51. The van der Waals surface area contributed by atoms with Crippen molar-refractivity contribution in [1.82, 2.24) is 4.98 Å². The Hall–Kier alpha value is -1.55. The minimum atomic E-state index is 0.758. The van der Waals surface area contributed by atoms with Crippen LogP contribution in [0.4, 0.5) is 11.4 Å². The minimum Gasteiger partial charge on any atom is -0.399 e. The first kappa shape index (κ1) is 11.0. The first-order valence-corrected chi connectivity index (χ1v) is 6.04. The van der Waals surface area contributed by atoms with E-state index in [0.29, 0.717) is 0 Å². The maximum absolute atomic E-state index is 5.76. The van der Waals surface area contributed by atoms with Crippen LogP contribution in [0, 0.1) is 13.8 Å². The van der Waals surface area contributed by atoms with Crippen LogP contribution in [0.1, 0.15) is 16.3 Å². The summed E-state index contributed by atoms with van der Waals surface area (Å²) in [4.78, 5) is 4.40. The average molecular weight is 233 g/mol. The Morgan fingerprint density at radius 1 is 1.38 bits per heavy atom. The number of thiazole rings is 1. The molecular formula is C12H15N3S. The van der Waals surface area contributed by atoms with Gasteiger partial charge in [0, 0.05) is 16.8 Å². The van der Waals surface area contributed by atoms with Crippen LogP contribution < -0.4 is 11.1 Å². The van der Waals surface area contributed by atoms with Crippen LogP contribution in [0.15, 0.2) is 23.6 Å². The zero-order valence-corrected chi connectivity index (χ0v) is 10.3. The number of nitrogens with zero attached hydrogens (tertiary/aromatic N) is 1. The van der Waals surface area contributed by atoms with E-state index in [9.17, 15) is 0 Å². The zero-order chi connectivity index (χ0) is 11.5. The molecule has 0 saturated heterocycles. The molecule has 0 unspecified atom stereocenters. The highest BCUT2D eigenvalue weighted by molar-refractivity contribution is 7.09. The molecule has 0 aliphatic carbocycles. The highest BCUT2D eigenvalue weighted by Crippen LogP contribution is 2.17. The predicted molar refractivity (Wildman–Crippen MR) is 69.8 cm³/mol. The van der Waals surface area contributed by atoms with Crippen molar-refractivity contribution in [2.45, 2.75) is 20.4 Å². The summed E-state index contributed by atoms with van der Waals surface area (Å²) >= 11 is 1.67. The highest BCUT2D eigenvalue weighted by Gasteiger charge is 1.99. The number of nitrogens with one attached hydrogen (secondary N) is 1. The monoisotopic (exact) mass is 233 g/mol. The van der Waals surface area contributed by atoms with E-state index in [1.165, 1.54) is 0 Å². The molecule has 0 amide bonds. The summed E-state index contributed by atoms with van der Waals surface area (Å²) in [5.41, 5.74) is 9.85. The van der Waals surface area contributed by atoms with Gasteiger partial charge >= 0.3 is 0 Å². The summed E-state index contributed by atoms with van der Waals surface area (Å²) in [6.45, 7) is 4.78. The largest absolute Gasteiger partial charge is 0.399 e. The van der Waals surface area contributed by atoms with Gasteiger partial charge in [0.1, 0.15) is 0 Å². The molecule has 16 heavy (non-hydrogen) atoms. The Labute approximate surface area is 99.3 Å². The third-order valence-electron chi connectivity index (χ3n) is 2.41. The summed E-state index contributed by atoms with van der Waals surface area (Å²) in [6, 6.07) is 5.96. The quantitative estimate of drug-likeness (QED) is 0.801. The number of aromatic nitrogens is 1. The van der Waals surface area contributed by atoms with Crippen molar-refractivity contribution in [2.24, 2.45) is 0 Å². The number of aryl methyl sites for hydroxylation is 2. The lowest BCUT2D eigenvalue weighted by Gasteiger charge is -2.07. The lowest BCUT2D eigenvalue weighted by molar-refractivity contribution is 1.05. The molecule has 3 N–H and O–H groups in total. The van der Waals surface area contributed by atoms with Crippen molar-refractivity contribution in [3.05, 3.63) is 39.8 Å². The van der Waals surface area contributed by atoms with Crippen molar-refractivity contribution in [1.29, 1.82) is 0 Å². The fraction of sp³-hybridized carbons (Fsp3) is 0.250. The lowest BCUT2D eigenvalue weighted by atomic mass is 10.2. The van der Waals surface area contributed by atoms with Crippen molar-refractivity contribution in [3.8, 4) is 0 Å². The maximum Gasteiger partial charge on any atom is 0.0898 e. The minimum absolute atomic E-state index is 0.758. The molecule has 2 aromatic rings. The van der Waals surface area contributed by atoms with Gasteiger partial charge in [0.2, 0.25) is 0 Å². The van der Waals surface area contributed by atoms with Gasteiger partial charge in [-0.3, -0.25) is 0 Å². The fourth-order valence-electron chi connectivity index (χ4n) is 1.47. The maximum atomic E-state index is 5.76. The van der Waals surface area contributed by atoms with Crippen molar-refractivity contribution < 1.29 is 0 Å². The molecule has 0 saturated carbocycles. The van der Waals surface area contributed by atoms with Crippen LogP contribution in [0.3, 0.4) is 0 Å². The smallest absolute Gasteiger partial charge is 0.0898 e. The number of hydrogen-bond acceptors (Lipinski definition) is 4. The molecule has 1 aromatic heterocycles. The second kappa shape index (κ2) is 4.53. The van der Waals surface area contributed by atoms with Gasteiger partial charge in [0.25, 0.3) is 0 Å². The van der Waals surface area contributed by atoms with Gasteiger partial charge in [-0.1, -0.05) is 0 Å². The van der Waals surface area contributed by atoms with Gasteiger partial charge in [-0.2, -0.15) is 0 Å². The van der Waals surface area contributed by atoms with Crippen molar-refractivity contribution in [2.75, 3.05) is 11.1 Å². The Morgan fingerprint density at radius 2 is 2.19 bits per heavy atom. The van der Waals surface area contributed by atoms with Crippen LogP contribution in [0.25, 0.3) is 0 Å². The third kappa shape index (κ3) is 2.52. The number of rotatable bonds is 3.